The number of carbonyl (C=O) groups is 1. The normalized spacial score (nSPS) is 55.2. The van der Waals surface area contributed by atoms with E-state index in [2.05, 4.69) is 13.8 Å². The van der Waals surface area contributed by atoms with Crippen LogP contribution in [0.5, 0.6) is 0 Å². The molecule has 5 rings (SSSR count). The van der Waals surface area contributed by atoms with Crippen molar-refractivity contribution in [3.63, 3.8) is 0 Å². The summed E-state index contributed by atoms with van der Waals surface area (Å²) >= 11 is 0. The minimum absolute atomic E-state index is 0.00987. The smallest absolute Gasteiger partial charge is 0.146 e. The molecule has 1 spiro atoms. The van der Waals surface area contributed by atoms with Crippen LogP contribution >= 0.6 is 0 Å². The standard InChI is InChI=1S/C20H28O4/c1-17-11-24-14-8-12-7-13-9-19(12,5-6-20(13,23)10-21)18(2,16(14)17)4-3-15(17)22/h12-13,21,23H,3-11H2,1-2H3. The van der Waals surface area contributed by atoms with Crippen molar-refractivity contribution in [2.24, 2.45) is 28.1 Å². The van der Waals surface area contributed by atoms with Crippen LogP contribution in [-0.4, -0.2) is 34.8 Å². The van der Waals surface area contributed by atoms with Crippen LogP contribution < -0.4 is 0 Å². The Kier molecular flexibility index (Phi) is 2.74. The Morgan fingerprint density at radius 3 is 2.75 bits per heavy atom. The SMILES string of the molecule is CC12COC3=C1C(C)(CCC2=O)C12CCC(O)(CO)C(CC1C3)C2. The zero-order valence-corrected chi connectivity index (χ0v) is 14.7. The van der Waals surface area contributed by atoms with Crippen LogP contribution in [0.2, 0.25) is 0 Å². The van der Waals surface area contributed by atoms with E-state index in [1.165, 1.54) is 5.57 Å². The molecule has 0 aromatic rings. The van der Waals surface area contributed by atoms with Gasteiger partial charge < -0.3 is 14.9 Å². The van der Waals surface area contributed by atoms with Gasteiger partial charge in [-0.3, -0.25) is 4.79 Å². The van der Waals surface area contributed by atoms with Gasteiger partial charge >= 0.3 is 0 Å². The molecule has 4 aliphatic carbocycles. The van der Waals surface area contributed by atoms with E-state index in [-0.39, 0.29) is 23.4 Å². The first-order chi connectivity index (χ1) is 11.3. The summed E-state index contributed by atoms with van der Waals surface area (Å²) in [7, 11) is 0. The Bertz CT molecular complexity index is 669. The maximum Gasteiger partial charge on any atom is 0.146 e. The fourth-order valence-electron chi connectivity index (χ4n) is 7.52. The highest BCUT2D eigenvalue weighted by molar-refractivity contribution is 5.90. The summed E-state index contributed by atoms with van der Waals surface area (Å²) < 4.78 is 6.09. The van der Waals surface area contributed by atoms with Crippen LogP contribution in [0.25, 0.3) is 0 Å². The average Bonchev–Trinajstić information content (AvgIpc) is 3.08. The van der Waals surface area contributed by atoms with Gasteiger partial charge in [0, 0.05) is 12.8 Å². The predicted molar refractivity (Wildman–Crippen MR) is 88.0 cm³/mol. The lowest BCUT2D eigenvalue weighted by molar-refractivity contribution is -0.138. The molecular weight excluding hydrogens is 304 g/mol. The van der Waals surface area contributed by atoms with Crippen molar-refractivity contribution in [3.8, 4) is 0 Å². The molecular formula is C20H28O4. The molecule has 2 N–H and O–H groups in total. The summed E-state index contributed by atoms with van der Waals surface area (Å²) in [6.45, 7) is 4.86. The number of aliphatic hydroxyl groups is 2. The largest absolute Gasteiger partial charge is 0.497 e. The van der Waals surface area contributed by atoms with E-state index in [1.807, 2.05) is 0 Å². The molecule has 0 amide bonds. The van der Waals surface area contributed by atoms with Gasteiger partial charge in [-0.15, -0.1) is 0 Å². The van der Waals surface area contributed by atoms with Crippen molar-refractivity contribution < 1.29 is 19.7 Å². The summed E-state index contributed by atoms with van der Waals surface area (Å²) in [4.78, 5) is 12.7. The number of ketones is 1. The van der Waals surface area contributed by atoms with Crippen LogP contribution in [0.1, 0.15) is 58.8 Å². The molecule has 0 aromatic carbocycles. The molecule has 5 aliphatic rings. The van der Waals surface area contributed by atoms with Crippen LogP contribution in [0.15, 0.2) is 11.3 Å². The van der Waals surface area contributed by atoms with E-state index >= 15 is 0 Å². The molecule has 3 fully saturated rings. The fraction of sp³-hybridized carbons (Fsp3) is 0.850. The van der Waals surface area contributed by atoms with Crippen LogP contribution in [-0.2, 0) is 9.53 Å². The maximum absolute atomic E-state index is 12.7. The van der Waals surface area contributed by atoms with E-state index < -0.39 is 11.0 Å². The van der Waals surface area contributed by atoms with Gasteiger partial charge in [0.25, 0.3) is 0 Å². The predicted octanol–water partition coefficient (Wildman–Crippen LogP) is 2.58. The molecule has 3 saturated carbocycles. The van der Waals surface area contributed by atoms with E-state index in [0.29, 0.717) is 31.1 Å². The van der Waals surface area contributed by atoms with Crippen molar-refractivity contribution in [2.45, 2.75) is 64.4 Å². The second-order valence-electron chi connectivity index (χ2n) is 9.63. The molecule has 6 atom stereocenters. The highest BCUT2D eigenvalue weighted by Gasteiger charge is 2.71. The quantitative estimate of drug-likeness (QED) is 0.774. The Balaban J connectivity index is 1.65. The van der Waals surface area contributed by atoms with Gasteiger partial charge in [-0.05, 0) is 67.3 Å². The second kappa shape index (κ2) is 4.27. The molecule has 0 aromatic heterocycles. The zero-order valence-electron chi connectivity index (χ0n) is 14.7. The number of Topliss-reactive ketones (excluding diaryl/α,β-unsaturated/α-hetero) is 1. The second-order valence-corrected chi connectivity index (χ2v) is 9.63. The zero-order chi connectivity index (χ0) is 17.0. The fourth-order valence-corrected chi connectivity index (χ4v) is 7.52. The lowest BCUT2D eigenvalue weighted by Crippen LogP contribution is -2.56. The molecule has 24 heavy (non-hydrogen) atoms. The van der Waals surface area contributed by atoms with Crippen LogP contribution in [0, 0.1) is 28.1 Å². The molecule has 132 valence electrons. The van der Waals surface area contributed by atoms with Crippen molar-refractivity contribution in [2.75, 3.05) is 13.2 Å². The molecule has 6 unspecified atom stereocenters. The minimum Gasteiger partial charge on any atom is -0.497 e. The lowest BCUT2D eigenvalue weighted by Gasteiger charge is -2.60. The number of hydrogen-bond acceptors (Lipinski definition) is 4. The third kappa shape index (κ3) is 1.44. The lowest BCUT2D eigenvalue weighted by atomic mass is 9.43. The topological polar surface area (TPSA) is 66.8 Å². The number of hydrogen-bond donors (Lipinski definition) is 2. The van der Waals surface area contributed by atoms with Gasteiger partial charge in [0.15, 0.2) is 0 Å². The summed E-state index contributed by atoms with van der Waals surface area (Å²) in [5.41, 5.74) is 0.157. The first-order valence-electron chi connectivity index (χ1n) is 9.53. The van der Waals surface area contributed by atoms with Gasteiger partial charge in [0.2, 0.25) is 0 Å². The van der Waals surface area contributed by atoms with Crippen molar-refractivity contribution >= 4 is 5.78 Å². The van der Waals surface area contributed by atoms with Crippen LogP contribution in [0.4, 0.5) is 0 Å². The monoisotopic (exact) mass is 332 g/mol. The number of carbonyl (C=O) groups excluding carboxylic acids is 1. The third-order valence-electron chi connectivity index (χ3n) is 8.91. The Morgan fingerprint density at radius 1 is 1.21 bits per heavy atom. The first kappa shape index (κ1) is 15.4. The summed E-state index contributed by atoms with van der Waals surface area (Å²) in [5.74, 6) is 2.13. The molecule has 1 aliphatic heterocycles. The Hall–Kier alpha value is -0.870. The number of fused-ring (bicyclic) bond motifs is 1. The number of allylic oxidation sites excluding steroid dienone is 1. The number of ether oxygens (including phenoxy) is 1. The molecule has 4 heteroatoms. The van der Waals surface area contributed by atoms with E-state index in [0.717, 1.165) is 37.9 Å². The van der Waals surface area contributed by atoms with E-state index in [4.69, 9.17) is 4.74 Å². The van der Waals surface area contributed by atoms with Gasteiger partial charge in [-0.1, -0.05) is 6.92 Å². The van der Waals surface area contributed by atoms with Gasteiger partial charge in [-0.2, -0.15) is 0 Å². The average molecular weight is 332 g/mol. The molecule has 1 heterocycles. The van der Waals surface area contributed by atoms with Crippen LogP contribution in [0.3, 0.4) is 0 Å². The van der Waals surface area contributed by atoms with Gasteiger partial charge in [0.1, 0.15) is 12.4 Å². The molecule has 0 saturated heterocycles. The maximum atomic E-state index is 12.7. The molecule has 2 bridgehead atoms. The molecule has 4 nitrogen and oxygen atoms in total. The van der Waals surface area contributed by atoms with Crippen molar-refractivity contribution in [1.82, 2.24) is 0 Å². The van der Waals surface area contributed by atoms with Crippen molar-refractivity contribution in [1.29, 1.82) is 0 Å². The van der Waals surface area contributed by atoms with Gasteiger partial charge in [-0.25, -0.2) is 0 Å². The Labute approximate surface area is 143 Å². The highest BCUT2D eigenvalue weighted by Crippen LogP contribution is 2.75. The van der Waals surface area contributed by atoms with Crippen molar-refractivity contribution in [3.05, 3.63) is 11.3 Å². The first-order valence-corrected chi connectivity index (χ1v) is 9.53. The Morgan fingerprint density at radius 2 is 2.00 bits per heavy atom. The summed E-state index contributed by atoms with van der Waals surface area (Å²) in [6.07, 6.45) is 6.12. The summed E-state index contributed by atoms with van der Waals surface area (Å²) in [6, 6.07) is 0. The summed E-state index contributed by atoms with van der Waals surface area (Å²) in [5, 5.41) is 20.6. The minimum atomic E-state index is -0.905. The number of aliphatic hydroxyl groups excluding tert-OH is 1. The number of rotatable bonds is 1. The van der Waals surface area contributed by atoms with E-state index in [9.17, 15) is 15.0 Å². The van der Waals surface area contributed by atoms with E-state index in [1.54, 1.807) is 0 Å². The molecule has 0 radical (unpaired) electrons. The van der Waals surface area contributed by atoms with Gasteiger partial charge in [0.05, 0.1) is 23.4 Å². The third-order valence-corrected chi connectivity index (χ3v) is 8.91. The highest BCUT2D eigenvalue weighted by atomic mass is 16.5.